The highest BCUT2D eigenvalue weighted by Gasteiger charge is 2.18. The van der Waals surface area contributed by atoms with Gasteiger partial charge in [-0.2, -0.15) is 0 Å². The van der Waals surface area contributed by atoms with Crippen molar-refractivity contribution in [3.8, 4) is 11.3 Å². The zero-order valence-electron chi connectivity index (χ0n) is 12.1. The first-order valence-corrected chi connectivity index (χ1v) is 8.64. The third kappa shape index (κ3) is 4.54. The highest BCUT2D eigenvalue weighted by Crippen LogP contribution is 2.26. The van der Waals surface area contributed by atoms with E-state index in [1.165, 1.54) is 18.3 Å². The summed E-state index contributed by atoms with van der Waals surface area (Å²) in [6.07, 6.45) is -1.51. The van der Waals surface area contributed by atoms with Crippen molar-refractivity contribution in [1.29, 1.82) is 0 Å². The maximum Gasteiger partial charge on any atom is 0.185 e. The SMILES string of the molecule is CC(=O)SCCC(O)C(O)c1ccc(-c2csc(N)n2)cc1. The largest absolute Gasteiger partial charge is 0.390 e. The predicted molar refractivity (Wildman–Crippen MR) is 90.7 cm³/mol. The van der Waals surface area contributed by atoms with Crippen LogP contribution in [-0.2, 0) is 4.79 Å². The molecule has 22 heavy (non-hydrogen) atoms. The number of nitrogens with zero attached hydrogens (tertiary/aromatic N) is 1. The summed E-state index contributed by atoms with van der Waals surface area (Å²) < 4.78 is 0. The molecule has 2 unspecified atom stereocenters. The topological polar surface area (TPSA) is 96.4 Å². The Morgan fingerprint density at radius 3 is 2.59 bits per heavy atom. The summed E-state index contributed by atoms with van der Waals surface area (Å²) in [5.41, 5.74) is 7.94. The van der Waals surface area contributed by atoms with Crippen LogP contribution in [0.3, 0.4) is 0 Å². The molecule has 2 aromatic rings. The molecular formula is C15H18N2O3S2. The Hall–Kier alpha value is -1.41. The van der Waals surface area contributed by atoms with E-state index >= 15 is 0 Å². The van der Waals surface area contributed by atoms with Crippen molar-refractivity contribution in [2.75, 3.05) is 11.5 Å². The van der Waals surface area contributed by atoms with Crippen molar-refractivity contribution in [1.82, 2.24) is 4.98 Å². The van der Waals surface area contributed by atoms with Crippen LogP contribution >= 0.6 is 23.1 Å². The molecule has 0 amide bonds. The minimum absolute atomic E-state index is 0.00794. The number of carbonyl (C=O) groups is 1. The maximum atomic E-state index is 10.8. The molecule has 4 N–H and O–H groups in total. The highest BCUT2D eigenvalue weighted by molar-refractivity contribution is 8.13. The average Bonchev–Trinajstić information content (AvgIpc) is 2.93. The average molecular weight is 338 g/mol. The van der Waals surface area contributed by atoms with Crippen molar-refractivity contribution in [2.45, 2.75) is 25.6 Å². The zero-order chi connectivity index (χ0) is 16.1. The summed E-state index contributed by atoms with van der Waals surface area (Å²) >= 11 is 2.52. The number of rotatable bonds is 6. The van der Waals surface area contributed by atoms with E-state index < -0.39 is 12.2 Å². The number of hydrogen-bond donors (Lipinski definition) is 3. The van der Waals surface area contributed by atoms with Crippen LogP contribution in [0.4, 0.5) is 5.13 Å². The van der Waals surface area contributed by atoms with E-state index in [9.17, 15) is 15.0 Å². The van der Waals surface area contributed by atoms with E-state index in [1.807, 2.05) is 17.5 Å². The van der Waals surface area contributed by atoms with Gasteiger partial charge >= 0.3 is 0 Å². The molecule has 0 aliphatic rings. The Balaban J connectivity index is 1.98. The third-order valence-corrected chi connectivity index (χ3v) is 4.67. The maximum absolute atomic E-state index is 10.8. The third-order valence-electron chi connectivity index (χ3n) is 3.15. The Morgan fingerprint density at radius 1 is 1.36 bits per heavy atom. The minimum atomic E-state index is -0.970. The van der Waals surface area contributed by atoms with Crippen molar-refractivity contribution in [2.24, 2.45) is 0 Å². The summed E-state index contributed by atoms with van der Waals surface area (Å²) in [6.45, 7) is 1.48. The zero-order valence-corrected chi connectivity index (χ0v) is 13.7. The lowest BCUT2D eigenvalue weighted by molar-refractivity contribution is -0.109. The second-order valence-corrected chi connectivity index (χ2v) is 7.00. The summed E-state index contributed by atoms with van der Waals surface area (Å²) in [4.78, 5) is 15.0. The molecule has 0 fully saturated rings. The van der Waals surface area contributed by atoms with Gasteiger partial charge in [0.1, 0.15) is 6.10 Å². The quantitative estimate of drug-likeness (QED) is 0.749. The van der Waals surface area contributed by atoms with E-state index in [-0.39, 0.29) is 5.12 Å². The summed E-state index contributed by atoms with van der Waals surface area (Å²) in [6, 6.07) is 7.20. The van der Waals surface area contributed by atoms with Gasteiger partial charge in [-0.25, -0.2) is 4.98 Å². The molecule has 0 aliphatic heterocycles. The van der Waals surface area contributed by atoms with Crippen LogP contribution < -0.4 is 5.73 Å². The van der Waals surface area contributed by atoms with Crippen molar-refractivity contribution in [3.63, 3.8) is 0 Å². The highest BCUT2D eigenvalue weighted by atomic mass is 32.2. The van der Waals surface area contributed by atoms with Crippen LogP contribution in [0.5, 0.6) is 0 Å². The van der Waals surface area contributed by atoms with E-state index in [4.69, 9.17) is 5.73 Å². The smallest absolute Gasteiger partial charge is 0.185 e. The molecule has 1 aromatic heterocycles. The van der Waals surface area contributed by atoms with Gasteiger partial charge in [0.25, 0.3) is 0 Å². The molecule has 7 heteroatoms. The number of thioether (sulfide) groups is 1. The number of benzene rings is 1. The minimum Gasteiger partial charge on any atom is -0.390 e. The second-order valence-electron chi connectivity index (χ2n) is 4.83. The molecule has 2 rings (SSSR count). The fraction of sp³-hybridized carbons (Fsp3) is 0.333. The second kappa shape index (κ2) is 7.73. The number of carbonyl (C=O) groups excluding carboxylic acids is 1. The lowest BCUT2D eigenvalue weighted by Gasteiger charge is -2.18. The van der Waals surface area contributed by atoms with Gasteiger partial charge in [-0.15, -0.1) is 11.3 Å². The molecular weight excluding hydrogens is 320 g/mol. The van der Waals surface area contributed by atoms with Gasteiger partial charge in [-0.1, -0.05) is 36.0 Å². The number of nitrogens with two attached hydrogens (primary N) is 1. The van der Waals surface area contributed by atoms with Gasteiger partial charge in [0, 0.05) is 23.6 Å². The fourth-order valence-corrected chi connectivity index (χ4v) is 3.19. The molecule has 0 saturated heterocycles. The van der Waals surface area contributed by atoms with Crippen molar-refractivity contribution >= 4 is 33.3 Å². The number of aliphatic hydroxyl groups is 2. The molecule has 0 radical (unpaired) electrons. The number of thiazole rings is 1. The molecule has 1 aromatic carbocycles. The molecule has 0 spiro atoms. The van der Waals surface area contributed by atoms with Gasteiger partial charge in [0.15, 0.2) is 10.2 Å². The standard InChI is InChI=1S/C15H18N2O3S2/c1-9(18)21-7-6-13(19)14(20)11-4-2-10(3-5-11)12-8-22-15(16)17-12/h2-5,8,13-14,19-20H,6-7H2,1H3,(H2,16,17). The van der Waals surface area contributed by atoms with Crippen LogP contribution in [0.1, 0.15) is 25.0 Å². The monoisotopic (exact) mass is 338 g/mol. The molecule has 0 bridgehead atoms. The van der Waals surface area contributed by atoms with Gasteiger partial charge in [0.05, 0.1) is 11.8 Å². The first-order chi connectivity index (χ1) is 10.5. The Morgan fingerprint density at radius 2 is 2.05 bits per heavy atom. The van der Waals surface area contributed by atoms with E-state index in [2.05, 4.69) is 4.98 Å². The molecule has 2 atom stereocenters. The van der Waals surface area contributed by atoms with Crippen LogP contribution in [-0.4, -0.2) is 32.2 Å². The fourth-order valence-electron chi connectivity index (χ4n) is 1.97. The normalized spacial score (nSPS) is 13.8. The van der Waals surface area contributed by atoms with E-state index in [1.54, 1.807) is 12.1 Å². The summed E-state index contributed by atoms with van der Waals surface area (Å²) in [7, 11) is 0. The number of aliphatic hydroxyl groups excluding tert-OH is 2. The van der Waals surface area contributed by atoms with Gasteiger partial charge in [0.2, 0.25) is 0 Å². The molecule has 5 nitrogen and oxygen atoms in total. The summed E-state index contributed by atoms with van der Waals surface area (Å²) in [5.74, 6) is 0.490. The Bertz CT molecular complexity index is 628. The Kier molecular flexibility index (Phi) is 5.96. The van der Waals surface area contributed by atoms with Crippen molar-refractivity contribution < 1.29 is 15.0 Å². The van der Waals surface area contributed by atoms with Crippen LogP contribution in [0.15, 0.2) is 29.6 Å². The first-order valence-electron chi connectivity index (χ1n) is 6.78. The predicted octanol–water partition coefficient (Wildman–Crippen LogP) is 2.46. The van der Waals surface area contributed by atoms with Crippen molar-refractivity contribution in [3.05, 3.63) is 35.2 Å². The lowest BCUT2D eigenvalue weighted by Crippen LogP contribution is -2.19. The van der Waals surface area contributed by atoms with Gasteiger partial charge in [-0.3, -0.25) is 4.79 Å². The molecule has 0 aliphatic carbocycles. The lowest BCUT2D eigenvalue weighted by atomic mass is 10.0. The van der Waals surface area contributed by atoms with E-state index in [0.29, 0.717) is 22.9 Å². The summed E-state index contributed by atoms with van der Waals surface area (Å²) in [5, 5.41) is 22.5. The molecule has 118 valence electrons. The molecule has 0 saturated carbocycles. The van der Waals surface area contributed by atoms with Gasteiger partial charge in [-0.05, 0) is 12.0 Å². The molecule has 1 heterocycles. The number of hydrogen-bond acceptors (Lipinski definition) is 7. The number of aromatic nitrogens is 1. The van der Waals surface area contributed by atoms with E-state index in [0.717, 1.165) is 23.0 Å². The van der Waals surface area contributed by atoms with Crippen LogP contribution in [0.2, 0.25) is 0 Å². The van der Waals surface area contributed by atoms with Crippen LogP contribution in [0.25, 0.3) is 11.3 Å². The first kappa shape index (κ1) is 17.0. The van der Waals surface area contributed by atoms with Crippen LogP contribution in [0, 0.1) is 0 Å². The number of nitrogen functional groups attached to an aromatic ring is 1. The van der Waals surface area contributed by atoms with Gasteiger partial charge < -0.3 is 15.9 Å². The number of anilines is 1. The Labute approximate surface area is 137 Å².